The zero-order valence-corrected chi connectivity index (χ0v) is 11.0. The Kier molecular flexibility index (Phi) is 3.36. The number of halogens is 3. The molecule has 0 amide bonds. The quantitative estimate of drug-likeness (QED) is 0.745. The lowest BCUT2D eigenvalue weighted by Crippen LogP contribution is -2.17. The molecular weight excluding hydrogens is 301 g/mol. The summed E-state index contributed by atoms with van der Waals surface area (Å²) in [6.07, 6.45) is -3.05. The van der Waals surface area contributed by atoms with E-state index in [2.05, 4.69) is 5.10 Å². The molecule has 0 aliphatic carbocycles. The van der Waals surface area contributed by atoms with Crippen LogP contribution in [0.15, 0.2) is 56.3 Å². The van der Waals surface area contributed by atoms with Gasteiger partial charge >= 0.3 is 11.9 Å². The minimum Gasteiger partial charge on any atom is -0.459 e. The first-order valence-corrected chi connectivity index (χ1v) is 6.21. The Morgan fingerprint density at radius 1 is 1.18 bits per heavy atom. The highest BCUT2D eigenvalue weighted by atomic mass is 19.4. The van der Waals surface area contributed by atoms with E-state index in [9.17, 15) is 18.0 Å². The fourth-order valence-electron chi connectivity index (χ4n) is 1.92. The fourth-order valence-corrected chi connectivity index (χ4v) is 1.92. The van der Waals surface area contributed by atoms with Gasteiger partial charge in [-0.15, -0.1) is 5.10 Å². The second kappa shape index (κ2) is 5.21. The van der Waals surface area contributed by atoms with Crippen molar-refractivity contribution in [3.8, 4) is 11.7 Å². The molecule has 3 rings (SSSR count). The maximum absolute atomic E-state index is 12.7. The first kappa shape index (κ1) is 14.2. The largest absolute Gasteiger partial charge is 0.459 e. The summed E-state index contributed by atoms with van der Waals surface area (Å²) >= 11 is 0. The molecule has 2 aromatic heterocycles. The van der Waals surface area contributed by atoms with E-state index in [4.69, 9.17) is 8.83 Å². The average Bonchev–Trinajstić information content (AvgIpc) is 3.09. The summed E-state index contributed by atoms with van der Waals surface area (Å²) in [5, 5.41) is 3.90. The number of hydrogen-bond acceptors (Lipinski definition) is 4. The van der Waals surface area contributed by atoms with E-state index in [0.29, 0.717) is 0 Å². The number of benzene rings is 1. The van der Waals surface area contributed by atoms with Crippen molar-refractivity contribution >= 4 is 0 Å². The van der Waals surface area contributed by atoms with Gasteiger partial charge in [0.1, 0.15) is 0 Å². The molecule has 2 heterocycles. The molecule has 0 fully saturated rings. The molecule has 1 aromatic carbocycles. The molecule has 0 aliphatic rings. The maximum atomic E-state index is 12.7. The molecule has 22 heavy (non-hydrogen) atoms. The highest BCUT2D eigenvalue weighted by molar-refractivity contribution is 5.42. The van der Waals surface area contributed by atoms with Gasteiger partial charge in [0.25, 0.3) is 5.89 Å². The molecule has 0 saturated heterocycles. The lowest BCUT2D eigenvalue weighted by Gasteiger charge is -2.08. The van der Waals surface area contributed by atoms with Crippen molar-refractivity contribution in [2.24, 2.45) is 0 Å². The smallest absolute Gasteiger partial charge is 0.437 e. The topological polar surface area (TPSA) is 61.2 Å². The predicted molar refractivity (Wildman–Crippen MR) is 69.0 cm³/mol. The van der Waals surface area contributed by atoms with E-state index in [1.807, 2.05) is 0 Å². The summed E-state index contributed by atoms with van der Waals surface area (Å²) in [5.74, 6) is -0.536. The third kappa shape index (κ3) is 2.80. The predicted octanol–water partition coefficient (Wildman–Crippen LogP) is 3.16. The van der Waals surface area contributed by atoms with E-state index in [-0.39, 0.29) is 23.8 Å². The second-order valence-electron chi connectivity index (χ2n) is 4.51. The van der Waals surface area contributed by atoms with Crippen molar-refractivity contribution in [1.82, 2.24) is 9.78 Å². The van der Waals surface area contributed by atoms with Crippen LogP contribution in [0.25, 0.3) is 11.7 Å². The molecule has 0 spiro atoms. The number of aromatic nitrogens is 2. The first-order chi connectivity index (χ1) is 10.4. The monoisotopic (exact) mass is 310 g/mol. The van der Waals surface area contributed by atoms with Crippen LogP contribution in [0, 0.1) is 0 Å². The zero-order chi connectivity index (χ0) is 15.7. The highest BCUT2D eigenvalue weighted by Gasteiger charge is 2.30. The van der Waals surface area contributed by atoms with Gasteiger partial charge in [-0.3, -0.25) is 0 Å². The van der Waals surface area contributed by atoms with Gasteiger partial charge in [0, 0.05) is 0 Å². The van der Waals surface area contributed by atoms with Gasteiger partial charge in [-0.05, 0) is 29.8 Å². The third-order valence-electron chi connectivity index (χ3n) is 2.92. The van der Waals surface area contributed by atoms with Crippen LogP contribution >= 0.6 is 0 Å². The molecule has 114 valence electrons. The van der Waals surface area contributed by atoms with E-state index >= 15 is 0 Å². The zero-order valence-electron chi connectivity index (χ0n) is 11.0. The first-order valence-electron chi connectivity index (χ1n) is 6.21. The molecule has 8 heteroatoms. The number of nitrogens with zero attached hydrogens (tertiary/aromatic N) is 2. The second-order valence-corrected chi connectivity index (χ2v) is 4.51. The SMILES string of the molecule is O=c1oc(-c2ccco2)nn1Cc1cccc(C(F)(F)F)c1. The van der Waals surface area contributed by atoms with Gasteiger partial charge in [-0.2, -0.15) is 17.9 Å². The minimum absolute atomic E-state index is 0.0259. The fraction of sp³-hybridized carbons (Fsp3) is 0.143. The Morgan fingerprint density at radius 2 is 2.00 bits per heavy atom. The van der Waals surface area contributed by atoms with Crippen LogP contribution in [0.2, 0.25) is 0 Å². The molecule has 0 atom stereocenters. The molecular formula is C14H9F3N2O3. The normalized spacial score (nSPS) is 11.8. The van der Waals surface area contributed by atoms with Crippen molar-refractivity contribution in [1.29, 1.82) is 0 Å². The van der Waals surface area contributed by atoms with Crippen LogP contribution in [0.4, 0.5) is 13.2 Å². The van der Waals surface area contributed by atoms with Crippen molar-refractivity contribution in [2.75, 3.05) is 0 Å². The molecule has 5 nitrogen and oxygen atoms in total. The van der Waals surface area contributed by atoms with Crippen LogP contribution in [0.3, 0.4) is 0 Å². The Labute approximate surface area is 121 Å². The maximum Gasteiger partial charge on any atom is 0.437 e. The van der Waals surface area contributed by atoms with Gasteiger partial charge in [0.15, 0.2) is 5.76 Å². The van der Waals surface area contributed by atoms with Gasteiger partial charge < -0.3 is 8.83 Å². The van der Waals surface area contributed by atoms with Gasteiger partial charge in [-0.1, -0.05) is 12.1 Å². The molecule has 0 N–H and O–H groups in total. The molecule has 0 unspecified atom stereocenters. The minimum atomic E-state index is -4.44. The lowest BCUT2D eigenvalue weighted by molar-refractivity contribution is -0.137. The van der Waals surface area contributed by atoms with E-state index in [1.165, 1.54) is 18.4 Å². The number of furan rings is 1. The summed E-state index contributed by atoms with van der Waals surface area (Å²) in [6, 6.07) is 7.83. The highest BCUT2D eigenvalue weighted by Crippen LogP contribution is 2.29. The van der Waals surface area contributed by atoms with E-state index in [1.54, 1.807) is 12.1 Å². The van der Waals surface area contributed by atoms with Crippen molar-refractivity contribution in [2.45, 2.75) is 12.7 Å². The molecule has 0 aliphatic heterocycles. The number of hydrogen-bond donors (Lipinski definition) is 0. The Morgan fingerprint density at radius 3 is 2.68 bits per heavy atom. The van der Waals surface area contributed by atoms with Crippen LogP contribution in [-0.4, -0.2) is 9.78 Å². The van der Waals surface area contributed by atoms with Crippen molar-refractivity contribution < 1.29 is 22.0 Å². The van der Waals surface area contributed by atoms with Crippen LogP contribution in [0.1, 0.15) is 11.1 Å². The Balaban J connectivity index is 1.90. The van der Waals surface area contributed by atoms with Crippen LogP contribution in [-0.2, 0) is 12.7 Å². The Hall–Kier alpha value is -2.77. The molecule has 0 bridgehead atoms. The van der Waals surface area contributed by atoms with E-state index < -0.39 is 17.5 Å². The van der Waals surface area contributed by atoms with Crippen molar-refractivity contribution in [3.63, 3.8) is 0 Å². The van der Waals surface area contributed by atoms with Gasteiger partial charge in [0.05, 0.1) is 18.4 Å². The van der Waals surface area contributed by atoms with Crippen molar-refractivity contribution in [3.05, 3.63) is 64.3 Å². The third-order valence-corrected chi connectivity index (χ3v) is 2.92. The summed E-state index contributed by atoms with van der Waals surface area (Å²) in [6.45, 7) is -0.132. The summed E-state index contributed by atoms with van der Waals surface area (Å²) in [5.41, 5.74) is -0.496. The summed E-state index contributed by atoms with van der Waals surface area (Å²) in [4.78, 5) is 11.7. The summed E-state index contributed by atoms with van der Waals surface area (Å²) in [7, 11) is 0. The molecule has 0 saturated carbocycles. The molecule has 0 radical (unpaired) electrons. The number of rotatable bonds is 3. The standard InChI is InChI=1S/C14H9F3N2O3/c15-14(16,17)10-4-1-3-9(7-10)8-19-13(20)22-12(18-19)11-5-2-6-21-11/h1-7H,8H2. The van der Waals surface area contributed by atoms with Crippen LogP contribution in [0.5, 0.6) is 0 Å². The molecule has 3 aromatic rings. The summed E-state index contributed by atoms with van der Waals surface area (Å²) < 4.78 is 48.9. The van der Waals surface area contributed by atoms with E-state index in [0.717, 1.165) is 16.8 Å². The van der Waals surface area contributed by atoms with Gasteiger partial charge in [-0.25, -0.2) is 4.79 Å². The number of alkyl halides is 3. The van der Waals surface area contributed by atoms with Gasteiger partial charge in [0.2, 0.25) is 0 Å². The Bertz CT molecular complexity index is 832. The lowest BCUT2D eigenvalue weighted by atomic mass is 10.1. The van der Waals surface area contributed by atoms with Crippen LogP contribution < -0.4 is 5.76 Å². The average molecular weight is 310 g/mol.